The standard InChI is InChI=1S/C29H30N2O3/c32-28(33)22-14-29(15-22)12-21(13-29)26-24-10-19-16-30-17-20(19)11-25(24)31(23-4-2-1-3-5-23)27(26)18-6-8-34-9-7-18/h1-5,10-11,17-18,21-22H,6-9,12-16H2,(H,32,33). The van der Waals surface area contributed by atoms with Crippen LogP contribution in [0.25, 0.3) is 16.6 Å². The van der Waals surface area contributed by atoms with Gasteiger partial charge >= 0.3 is 5.97 Å². The SMILES string of the molecule is O=C(O)C1CC2(C1)CC(c1c(C3CCOCC3)n(-c3ccccc3)c3cc4c(cc13)CN=C4)C2. The average molecular weight is 455 g/mol. The Kier molecular flexibility index (Phi) is 4.54. The van der Waals surface area contributed by atoms with Crippen molar-refractivity contribution in [1.82, 2.24) is 4.57 Å². The Morgan fingerprint density at radius 1 is 1.03 bits per heavy atom. The van der Waals surface area contributed by atoms with Gasteiger partial charge in [-0.25, -0.2) is 0 Å². The van der Waals surface area contributed by atoms with Crippen LogP contribution in [0.2, 0.25) is 0 Å². The lowest BCUT2D eigenvalue weighted by atomic mass is 9.47. The van der Waals surface area contributed by atoms with Crippen LogP contribution in [0.5, 0.6) is 0 Å². The third-order valence-electron chi connectivity index (χ3n) is 8.89. The van der Waals surface area contributed by atoms with Crippen molar-refractivity contribution in [3.05, 3.63) is 64.8 Å². The highest BCUT2D eigenvalue weighted by molar-refractivity contribution is 5.96. The molecule has 1 aromatic heterocycles. The smallest absolute Gasteiger partial charge is 0.306 e. The number of hydrogen-bond donors (Lipinski definition) is 1. The van der Waals surface area contributed by atoms with Crippen molar-refractivity contribution in [3.8, 4) is 5.69 Å². The predicted octanol–water partition coefficient (Wildman–Crippen LogP) is 5.82. The van der Waals surface area contributed by atoms with Gasteiger partial charge in [0.25, 0.3) is 0 Å². The summed E-state index contributed by atoms with van der Waals surface area (Å²) in [5.41, 5.74) is 8.30. The van der Waals surface area contributed by atoms with Crippen molar-refractivity contribution in [2.45, 2.75) is 56.9 Å². The van der Waals surface area contributed by atoms with Gasteiger partial charge in [0.15, 0.2) is 0 Å². The Labute approximate surface area is 199 Å². The highest BCUT2D eigenvalue weighted by Crippen LogP contribution is 2.65. The van der Waals surface area contributed by atoms with Gasteiger partial charge in [0.2, 0.25) is 0 Å². The Balaban J connectivity index is 1.40. The van der Waals surface area contributed by atoms with E-state index in [1.54, 1.807) is 0 Å². The molecule has 1 N–H and O–H groups in total. The van der Waals surface area contributed by atoms with Crippen LogP contribution in [0.4, 0.5) is 0 Å². The second-order valence-corrected chi connectivity index (χ2v) is 10.9. The van der Waals surface area contributed by atoms with Gasteiger partial charge < -0.3 is 14.4 Å². The van der Waals surface area contributed by atoms with Gasteiger partial charge in [0, 0.05) is 42.1 Å². The maximum atomic E-state index is 11.4. The molecule has 0 unspecified atom stereocenters. The van der Waals surface area contributed by atoms with E-state index in [0.717, 1.165) is 58.3 Å². The quantitative estimate of drug-likeness (QED) is 0.541. The molecule has 2 aliphatic heterocycles. The fourth-order valence-corrected chi connectivity index (χ4v) is 7.28. The van der Waals surface area contributed by atoms with E-state index >= 15 is 0 Å². The summed E-state index contributed by atoms with van der Waals surface area (Å²) in [6.45, 7) is 2.40. The molecule has 1 saturated heterocycles. The van der Waals surface area contributed by atoms with E-state index in [0.29, 0.717) is 11.8 Å². The van der Waals surface area contributed by atoms with Crippen LogP contribution in [0.3, 0.4) is 0 Å². The Bertz CT molecular complexity index is 1300. The van der Waals surface area contributed by atoms with Crippen LogP contribution in [0.15, 0.2) is 47.5 Å². The Morgan fingerprint density at radius 3 is 2.53 bits per heavy atom. The van der Waals surface area contributed by atoms with E-state index in [1.807, 2.05) is 6.21 Å². The predicted molar refractivity (Wildman–Crippen MR) is 132 cm³/mol. The average Bonchev–Trinajstić information content (AvgIpc) is 3.39. The third-order valence-corrected chi connectivity index (χ3v) is 8.89. The summed E-state index contributed by atoms with van der Waals surface area (Å²) >= 11 is 0. The molecular weight excluding hydrogens is 424 g/mol. The minimum atomic E-state index is -0.617. The Hall–Kier alpha value is -2.92. The second kappa shape index (κ2) is 7.54. The van der Waals surface area contributed by atoms with Crippen molar-refractivity contribution in [2.24, 2.45) is 16.3 Å². The summed E-state index contributed by atoms with van der Waals surface area (Å²) in [5, 5.41) is 10.8. The zero-order chi connectivity index (χ0) is 22.9. The molecule has 3 fully saturated rings. The monoisotopic (exact) mass is 454 g/mol. The molecule has 34 heavy (non-hydrogen) atoms. The van der Waals surface area contributed by atoms with E-state index in [-0.39, 0.29) is 11.3 Å². The van der Waals surface area contributed by atoms with E-state index < -0.39 is 5.97 Å². The molecule has 0 radical (unpaired) electrons. The number of para-hydroxylation sites is 1. The molecule has 5 nitrogen and oxygen atoms in total. The van der Waals surface area contributed by atoms with Gasteiger partial charge in [-0.2, -0.15) is 0 Å². The lowest BCUT2D eigenvalue weighted by Gasteiger charge is -2.57. The van der Waals surface area contributed by atoms with Crippen molar-refractivity contribution in [3.63, 3.8) is 0 Å². The van der Waals surface area contributed by atoms with Gasteiger partial charge in [0.05, 0.1) is 18.0 Å². The van der Waals surface area contributed by atoms with E-state index in [4.69, 9.17) is 4.74 Å². The second-order valence-electron chi connectivity index (χ2n) is 10.9. The summed E-state index contributed by atoms with van der Waals surface area (Å²) < 4.78 is 8.28. The number of benzene rings is 2. The molecule has 2 aromatic carbocycles. The zero-order valence-corrected chi connectivity index (χ0v) is 19.4. The molecule has 3 aromatic rings. The number of carboxylic acid groups (broad SMARTS) is 1. The first kappa shape index (κ1) is 20.5. The van der Waals surface area contributed by atoms with Crippen LogP contribution in [-0.4, -0.2) is 35.1 Å². The van der Waals surface area contributed by atoms with Crippen LogP contribution in [0, 0.1) is 11.3 Å². The molecule has 5 heteroatoms. The molecule has 1 spiro atoms. The van der Waals surface area contributed by atoms with Gasteiger partial charge in [-0.3, -0.25) is 9.79 Å². The minimum Gasteiger partial charge on any atom is -0.481 e. The maximum Gasteiger partial charge on any atom is 0.306 e. The van der Waals surface area contributed by atoms with Crippen LogP contribution < -0.4 is 0 Å². The van der Waals surface area contributed by atoms with Gasteiger partial charge in [0.1, 0.15) is 0 Å². The van der Waals surface area contributed by atoms with Crippen molar-refractivity contribution in [2.75, 3.05) is 13.2 Å². The number of fused-ring (bicyclic) bond motifs is 2. The zero-order valence-electron chi connectivity index (χ0n) is 19.4. The van der Waals surface area contributed by atoms with E-state index in [1.165, 1.54) is 39.0 Å². The molecule has 4 aliphatic rings. The number of aliphatic carboxylic acids is 1. The van der Waals surface area contributed by atoms with Crippen molar-refractivity contribution in [1.29, 1.82) is 0 Å². The molecule has 7 rings (SSSR count). The molecule has 0 bridgehead atoms. The number of ether oxygens (including phenoxy) is 1. The number of hydrogen-bond acceptors (Lipinski definition) is 3. The number of carboxylic acids is 1. The number of aromatic nitrogens is 1. The first-order valence-corrected chi connectivity index (χ1v) is 12.7. The van der Waals surface area contributed by atoms with Gasteiger partial charge in [-0.1, -0.05) is 18.2 Å². The largest absolute Gasteiger partial charge is 0.481 e. The van der Waals surface area contributed by atoms with E-state index in [9.17, 15) is 9.90 Å². The van der Waals surface area contributed by atoms with Crippen LogP contribution in [0.1, 0.15) is 72.7 Å². The Morgan fingerprint density at radius 2 is 1.79 bits per heavy atom. The van der Waals surface area contributed by atoms with Crippen LogP contribution in [-0.2, 0) is 16.1 Å². The summed E-state index contributed by atoms with van der Waals surface area (Å²) in [6, 6.07) is 15.5. The third kappa shape index (κ3) is 3.02. The molecule has 0 amide bonds. The fourth-order valence-electron chi connectivity index (χ4n) is 7.28. The van der Waals surface area contributed by atoms with Crippen molar-refractivity contribution >= 4 is 23.1 Å². The number of carbonyl (C=O) groups is 1. The number of rotatable bonds is 4. The summed E-state index contributed by atoms with van der Waals surface area (Å²) in [5.74, 6) is 0.222. The molecule has 174 valence electrons. The van der Waals surface area contributed by atoms with Crippen molar-refractivity contribution < 1.29 is 14.6 Å². The van der Waals surface area contributed by atoms with Gasteiger partial charge in [-0.15, -0.1) is 0 Å². The molecule has 3 heterocycles. The topological polar surface area (TPSA) is 63.8 Å². The molecule has 2 saturated carbocycles. The first-order chi connectivity index (χ1) is 16.6. The number of nitrogens with zero attached hydrogens (tertiary/aromatic N) is 2. The lowest BCUT2D eigenvalue weighted by Crippen LogP contribution is -2.49. The summed E-state index contributed by atoms with van der Waals surface area (Å²) in [4.78, 5) is 16.0. The minimum absolute atomic E-state index is 0.137. The normalized spacial score (nSPS) is 28.1. The van der Waals surface area contributed by atoms with Gasteiger partial charge in [-0.05, 0) is 90.8 Å². The first-order valence-electron chi connectivity index (χ1n) is 12.7. The highest BCUT2D eigenvalue weighted by atomic mass is 16.5. The molecular formula is C29H30N2O3. The highest BCUT2D eigenvalue weighted by Gasteiger charge is 2.56. The van der Waals surface area contributed by atoms with Crippen LogP contribution >= 0.6 is 0 Å². The summed E-state index contributed by atoms with van der Waals surface area (Å²) in [6.07, 6.45) is 8.07. The summed E-state index contributed by atoms with van der Waals surface area (Å²) in [7, 11) is 0. The molecule has 2 aliphatic carbocycles. The number of aliphatic imine (C=N–C) groups is 1. The maximum absolute atomic E-state index is 11.4. The van der Waals surface area contributed by atoms with E-state index in [2.05, 4.69) is 52.0 Å². The lowest BCUT2D eigenvalue weighted by molar-refractivity contribution is -0.155. The fraction of sp³-hybridized carbons (Fsp3) is 0.448. The molecule has 0 atom stereocenters.